The Hall–Kier alpha value is -2.10. The smallest absolute Gasteiger partial charge is 0.272 e. The molecule has 0 saturated carbocycles. The zero-order chi connectivity index (χ0) is 12.4. The van der Waals surface area contributed by atoms with Crippen molar-refractivity contribution in [3.63, 3.8) is 0 Å². The number of benzene rings is 1. The average molecular weight is 229 g/mol. The minimum absolute atomic E-state index is 0.343. The minimum atomic E-state index is -0.343. The monoisotopic (exact) mass is 229 g/mol. The number of carbonyl (C=O) groups is 2. The van der Waals surface area contributed by atoms with Gasteiger partial charge in [-0.1, -0.05) is 6.92 Å². The molecular formula is C13H13N2O2. The Morgan fingerprint density at radius 3 is 2.47 bits per heavy atom. The Labute approximate surface area is 99.9 Å². The minimum Gasteiger partial charge on any atom is -0.288 e. The molecule has 0 fully saturated rings. The highest BCUT2D eigenvalue weighted by molar-refractivity contribution is 6.13. The lowest BCUT2D eigenvalue weighted by Gasteiger charge is -2.20. The third-order valence-electron chi connectivity index (χ3n) is 2.69. The van der Waals surface area contributed by atoms with Crippen molar-refractivity contribution < 1.29 is 9.59 Å². The summed E-state index contributed by atoms with van der Waals surface area (Å²) in [7, 11) is 0. The molecule has 1 aliphatic rings. The molecule has 1 N–H and O–H groups in total. The van der Waals surface area contributed by atoms with Gasteiger partial charge < -0.3 is 0 Å². The summed E-state index contributed by atoms with van der Waals surface area (Å²) in [5, 5.41) is 1.02. The van der Waals surface area contributed by atoms with Crippen molar-refractivity contribution in [3.05, 3.63) is 41.5 Å². The van der Waals surface area contributed by atoms with E-state index in [1.165, 1.54) is 12.2 Å². The molecule has 87 valence electrons. The van der Waals surface area contributed by atoms with Gasteiger partial charge in [0.25, 0.3) is 11.8 Å². The van der Waals surface area contributed by atoms with Crippen molar-refractivity contribution in [2.75, 3.05) is 5.43 Å². The van der Waals surface area contributed by atoms with Crippen LogP contribution in [0.1, 0.15) is 18.1 Å². The maximum atomic E-state index is 11.4. The number of carbonyl (C=O) groups excluding carboxylic acids is 2. The summed E-state index contributed by atoms with van der Waals surface area (Å²) in [5.74, 6) is -0.687. The van der Waals surface area contributed by atoms with Gasteiger partial charge in [0.2, 0.25) is 0 Å². The van der Waals surface area contributed by atoms with Gasteiger partial charge in [0.15, 0.2) is 0 Å². The van der Waals surface area contributed by atoms with Gasteiger partial charge in [0.05, 0.1) is 5.69 Å². The summed E-state index contributed by atoms with van der Waals surface area (Å²) < 4.78 is 0. The normalized spacial score (nSPS) is 14.6. The number of hydrogen-bond acceptors (Lipinski definition) is 3. The summed E-state index contributed by atoms with van der Waals surface area (Å²) in [6.45, 7) is 3.93. The summed E-state index contributed by atoms with van der Waals surface area (Å²) in [6.07, 6.45) is 3.32. The molecule has 17 heavy (non-hydrogen) atoms. The quantitative estimate of drug-likeness (QED) is 0.801. The average Bonchev–Trinajstić information content (AvgIpc) is 2.63. The van der Waals surface area contributed by atoms with Gasteiger partial charge in [-0.3, -0.25) is 15.0 Å². The standard InChI is InChI=1S/C13H13N2O2/c1-3-10-6-4-5-9(2)13(10)14-15-11(16)7-8-12(15)17/h5-8,14H,3H2,1-2H3. The molecule has 0 aromatic heterocycles. The summed E-state index contributed by atoms with van der Waals surface area (Å²) >= 11 is 0. The fourth-order valence-electron chi connectivity index (χ4n) is 1.73. The van der Waals surface area contributed by atoms with Crippen molar-refractivity contribution in [1.29, 1.82) is 0 Å². The van der Waals surface area contributed by atoms with Crippen LogP contribution in [-0.4, -0.2) is 16.8 Å². The number of hydrazine groups is 1. The van der Waals surface area contributed by atoms with Crippen LogP contribution >= 0.6 is 0 Å². The molecule has 0 saturated heterocycles. The van der Waals surface area contributed by atoms with Crippen molar-refractivity contribution in [1.82, 2.24) is 5.01 Å². The Kier molecular flexibility index (Phi) is 2.95. The fraction of sp³-hybridized carbons (Fsp3) is 0.231. The second-order valence-electron chi connectivity index (χ2n) is 3.85. The highest BCUT2D eigenvalue weighted by atomic mass is 16.2. The van der Waals surface area contributed by atoms with E-state index in [2.05, 4.69) is 11.5 Å². The zero-order valence-corrected chi connectivity index (χ0v) is 9.78. The maximum absolute atomic E-state index is 11.4. The third kappa shape index (κ3) is 2.06. The van der Waals surface area contributed by atoms with Gasteiger partial charge in [-0.2, -0.15) is 5.01 Å². The van der Waals surface area contributed by atoms with Crippen molar-refractivity contribution in [2.24, 2.45) is 0 Å². The van der Waals surface area contributed by atoms with E-state index in [4.69, 9.17) is 0 Å². The van der Waals surface area contributed by atoms with Crippen LogP contribution in [0, 0.1) is 13.0 Å². The molecule has 1 aliphatic heterocycles. The third-order valence-corrected chi connectivity index (χ3v) is 2.69. The van der Waals surface area contributed by atoms with E-state index in [0.717, 1.165) is 28.2 Å². The number of amides is 2. The SMILES string of the molecule is CCc1c[c]cc(C)c1NN1C(=O)C=CC1=O. The molecule has 0 atom stereocenters. The van der Waals surface area contributed by atoms with Gasteiger partial charge in [-0.15, -0.1) is 0 Å². The lowest BCUT2D eigenvalue weighted by atomic mass is 10.1. The van der Waals surface area contributed by atoms with Crippen LogP contribution < -0.4 is 5.43 Å². The Balaban J connectivity index is 2.30. The highest BCUT2D eigenvalue weighted by Crippen LogP contribution is 2.22. The topological polar surface area (TPSA) is 49.4 Å². The predicted octanol–water partition coefficient (Wildman–Crippen LogP) is 1.61. The van der Waals surface area contributed by atoms with Gasteiger partial charge in [0.1, 0.15) is 0 Å². The molecule has 4 heteroatoms. The van der Waals surface area contributed by atoms with E-state index >= 15 is 0 Å². The van der Waals surface area contributed by atoms with E-state index in [1.807, 2.05) is 26.0 Å². The van der Waals surface area contributed by atoms with Crippen molar-refractivity contribution >= 4 is 17.5 Å². The molecule has 0 unspecified atom stereocenters. The Morgan fingerprint density at radius 1 is 1.24 bits per heavy atom. The van der Waals surface area contributed by atoms with Gasteiger partial charge >= 0.3 is 0 Å². The first-order valence-electron chi connectivity index (χ1n) is 5.46. The van der Waals surface area contributed by atoms with Crippen molar-refractivity contribution in [2.45, 2.75) is 20.3 Å². The molecule has 2 amide bonds. The number of imide groups is 1. The second kappa shape index (κ2) is 4.41. The summed E-state index contributed by atoms with van der Waals surface area (Å²) in [5.41, 5.74) is 5.66. The van der Waals surface area contributed by atoms with Crippen LogP contribution in [-0.2, 0) is 16.0 Å². The van der Waals surface area contributed by atoms with E-state index in [-0.39, 0.29) is 11.8 Å². The molecule has 1 aromatic rings. The maximum Gasteiger partial charge on any atom is 0.272 e. The largest absolute Gasteiger partial charge is 0.288 e. The lowest BCUT2D eigenvalue weighted by Crippen LogP contribution is -2.36. The molecule has 0 aliphatic carbocycles. The van der Waals surface area contributed by atoms with Gasteiger partial charge in [-0.05, 0) is 42.7 Å². The predicted molar refractivity (Wildman–Crippen MR) is 64.0 cm³/mol. The number of hydrogen-bond donors (Lipinski definition) is 1. The molecule has 4 nitrogen and oxygen atoms in total. The lowest BCUT2D eigenvalue weighted by molar-refractivity contribution is -0.135. The fourth-order valence-corrected chi connectivity index (χ4v) is 1.73. The van der Waals surface area contributed by atoms with Crippen LogP contribution in [0.4, 0.5) is 5.69 Å². The highest BCUT2D eigenvalue weighted by Gasteiger charge is 2.24. The first-order valence-corrected chi connectivity index (χ1v) is 5.46. The first-order chi connectivity index (χ1) is 8.13. The molecular weight excluding hydrogens is 216 g/mol. The van der Waals surface area contributed by atoms with E-state index in [9.17, 15) is 9.59 Å². The molecule has 1 heterocycles. The number of anilines is 1. The Bertz CT molecular complexity index is 488. The number of aryl methyl sites for hydroxylation is 2. The van der Waals surface area contributed by atoms with Crippen LogP contribution in [0.5, 0.6) is 0 Å². The number of nitrogens with one attached hydrogen (secondary N) is 1. The molecule has 2 rings (SSSR count). The van der Waals surface area contributed by atoms with Gasteiger partial charge in [0, 0.05) is 12.2 Å². The van der Waals surface area contributed by atoms with E-state index in [0.29, 0.717) is 0 Å². The second-order valence-corrected chi connectivity index (χ2v) is 3.85. The van der Waals surface area contributed by atoms with Crippen LogP contribution in [0.15, 0.2) is 24.3 Å². The van der Waals surface area contributed by atoms with E-state index in [1.54, 1.807) is 0 Å². The van der Waals surface area contributed by atoms with E-state index < -0.39 is 0 Å². The van der Waals surface area contributed by atoms with Gasteiger partial charge in [-0.25, -0.2) is 0 Å². The zero-order valence-electron chi connectivity index (χ0n) is 9.78. The molecule has 1 radical (unpaired) electrons. The molecule has 0 bridgehead atoms. The number of nitrogens with zero attached hydrogens (tertiary/aromatic N) is 1. The molecule has 0 spiro atoms. The number of rotatable bonds is 3. The summed E-state index contributed by atoms with van der Waals surface area (Å²) in [4.78, 5) is 22.9. The van der Waals surface area contributed by atoms with Crippen LogP contribution in [0.25, 0.3) is 0 Å². The first kappa shape index (κ1) is 11.4. The Morgan fingerprint density at radius 2 is 1.88 bits per heavy atom. The van der Waals surface area contributed by atoms with Crippen LogP contribution in [0.3, 0.4) is 0 Å². The summed E-state index contributed by atoms with van der Waals surface area (Å²) in [6, 6.07) is 6.70. The molecule has 1 aromatic carbocycles. The van der Waals surface area contributed by atoms with Crippen molar-refractivity contribution in [3.8, 4) is 0 Å². The van der Waals surface area contributed by atoms with Crippen LogP contribution in [0.2, 0.25) is 0 Å².